The molecule has 4 aromatic rings. The number of benzene rings is 2. The summed E-state index contributed by atoms with van der Waals surface area (Å²) >= 11 is 6.51. The van der Waals surface area contributed by atoms with E-state index in [0.29, 0.717) is 20.3 Å². The van der Waals surface area contributed by atoms with Gasteiger partial charge in [-0.25, -0.2) is 28.3 Å². The molecule has 48 heavy (non-hydrogen) atoms. The number of esters is 1. The monoisotopic (exact) mass is 810 g/mol. The minimum atomic E-state index is -1.15. The number of aromatic nitrogens is 2. The maximum Gasteiger partial charge on any atom is 1.00 e. The molecular formula is C30H31Br2F2N4NaO9. The number of nitrogen functional groups attached to an aromatic ring is 2. The summed E-state index contributed by atoms with van der Waals surface area (Å²) < 4.78 is 44.2. The Morgan fingerprint density at radius 3 is 1.56 bits per heavy atom. The zero-order valence-corrected chi connectivity index (χ0v) is 31.2. The van der Waals surface area contributed by atoms with Gasteiger partial charge in [0.05, 0.1) is 18.2 Å². The minimum Gasteiger partial charge on any atom is -0.870 e. The van der Waals surface area contributed by atoms with Crippen LogP contribution in [-0.2, 0) is 4.74 Å². The summed E-state index contributed by atoms with van der Waals surface area (Å²) in [5.41, 5.74) is 12.2. The van der Waals surface area contributed by atoms with E-state index < -0.39 is 42.6 Å². The second-order valence-corrected chi connectivity index (χ2v) is 10.8. The Hall–Kier alpha value is -3.42. The van der Waals surface area contributed by atoms with Gasteiger partial charge in [-0.2, -0.15) is 0 Å². The van der Waals surface area contributed by atoms with Crippen molar-refractivity contribution in [3.8, 4) is 11.5 Å². The van der Waals surface area contributed by atoms with Crippen LogP contribution < -0.4 is 50.5 Å². The quantitative estimate of drug-likeness (QED) is 0.0981. The number of hydrogen-bond donors (Lipinski definition) is 5. The number of methoxy groups -OCH3 is 1. The van der Waals surface area contributed by atoms with E-state index in [1.165, 1.54) is 43.8 Å². The van der Waals surface area contributed by atoms with Crippen LogP contribution in [0.4, 0.5) is 20.4 Å². The van der Waals surface area contributed by atoms with E-state index in [0.717, 1.165) is 12.1 Å². The third kappa shape index (κ3) is 13.2. The second kappa shape index (κ2) is 21.5. The molecule has 0 saturated heterocycles. The maximum atomic E-state index is 13.5. The van der Waals surface area contributed by atoms with Gasteiger partial charge < -0.3 is 46.5 Å². The average Bonchev–Trinajstić information content (AvgIpc) is 3.00. The fraction of sp³-hybridized carbons (Fsp3) is 0.200. The van der Waals surface area contributed by atoms with Crippen molar-refractivity contribution in [2.24, 2.45) is 0 Å². The number of pyridine rings is 2. The third-order valence-corrected chi connectivity index (χ3v) is 6.71. The summed E-state index contributed by atoms with van der Waals surface area (Å²) in [4.78, 5) is 30.8. The number of ether oxygens (including phenoxy) is 3. The van der Waals surface area contributed by atoms with E-state index in [9.17, 15) is 18.4 Å². The molecule has 2 heterocycles. The van der Waals surface area contributed by atoms with Gasteiger partial charge in [0.15, 0.2) is 23.1 Å². The fourth-order valence-corrected chi connectivity index (χ4v) is 4.41. The molecule has 0 spiro atoms. The standard InChI is InChI=1S/C15H14BrFN2O3.C14H12BrFN2O3.CH4O2.Na.H2O/c1-8(22-13-5-9(16)7-19-14(13)18)12-6-10(17)3-4-11(12)15(20)21-2;1-7(21-12-4-8(15)6-18-13(12)17)11-5-9(16)2-3-10(11)14(19)20;2-1-3;;/h3-8H,1-2H3,(H2,18,19);2-7H,1H3,(H2,17,18)(H,19,20);2-3H,1H2;;1H2/q;;;+1;/p-1/t8-;7-;;;/m11.../s1. The van der Waals surface area contributed by atoms with Crippen molar-refractivity contribution < 1.29 is 82.9 Å². The van der Waals surface area contributed by atoms with Gasteiger partial charge in [-0.1, -0.05) is 0 Å². The predicted octanol–water partition coefficient (Wildman–Crippen LogP) is 2.65. The second-order valence-electron chi connectivity index (χ2n) is 9.00. The zero-order valence-electron chi connectivity index (χ0n) is 26.0. The van der Waals surface area contributed by atoms with Crippen LogP contribution in [0.1, 0.15) is 57.9 Å². The summed E-state index contributed by atoms with van der Waals surface area (Å²) in [5.74, 6) is -1.74. The molecule has 18 heteroatoms. The van der Waals surface area contributed by atoms with E-state index in [1.807, 2.05) is 0 Å². The molecular weight excluding hydrogens is 781 g/mol. The van der Waals surface area contributed by atoms with Crippen molar-refractivity contribution in [2.75, 3.05) is 25.4 Å². The molecule has 0 aliphatic carbocycles. The van der Waals surface area contributed by atoms with E-state index >= 15 is 0 Å². The molecule has 0 unspecified atom stereocenters. The van der Waals surface area contributed by atoms with Crippen LogP contribution in [0.5, 0.6) is 11.5 Å². The Morgan fingerprint density at radius 2 is 1.19 bits per heavy atom. The average molecular weight is 812 g/mol. The molecule has 2 atom stereocenters. The number of aliphatic hydroxyl groups excluding tert-OH is 1. The number of halogens is 4. The van der Waals surface area contributed by atoms with E-state index in [2.05, 4.69) is 41.8 Å². The van der Waals surface area contributed by atoms with Gasteiger partial charge >= 0.3 is 41.5 Å². The number of nitrogens with zero attached hydrogens (tertiary/aromatic N) is 2. The predicted molar refractivity (Wildman–Crippen MR) is 173 cm³/mol. The number of hydrogen-bond acceptors (Lipinski definition) is 12. The molecule has 0 aliphatic rings. The third-order valence-electron chi connectivity index (χ3n) is 5.84. The van der Waals surface area contributed by atoms with Crippen LogP contribution in [-0.4, -0.2) is 56.6 Å². The molecule has 2 aromatic heterocycles. The molecule has 254 valence electrons. The number of aromatic carboxylic acids is 1. The Labute approximate surface area is 313 Å². The van der Waals surface area contributed by atoms with Crippen molar-refractivity contribution in [2.45, 2.75) is 26.1 Å². The largest absolute Gasteiger partial charge is 1.00 e. The summed E-state index contributed by atoms with van der Waals surface area (Å²) in [5, 5.41) is 23.4. The van der Waals surface area contributed by atoms with Crippen molar-refractivity contribution in [3.05, 3.63) is 104 Å². The Kier molecular flexibility index (Phi) is 20.0. The van der Waals surface area contributed by atoms with Crippen LogP contribution in [0.2, 0.25) is 0 Å². The van der Waals surface area contributed by atoms with Gasteiger partial charge in [0, 0.05) is 32.5 Å². The number of carbonyl (C=O) groups excluding carboxylic acids is 1. The SMILES string of the molecule is COC(=O)c1ccc(F)cc1[C@@H](C)Oc1cc(Br)cnc1N.C[C@@H](Oc1cc(Br)cnc1N)c1cc(F)ccc1C(=O)O.OCO.[Na+].[OH-]. The van der Waals surface area contributed by atoms with Crippen LogP contribution >= 0.6 is 31.9 Å². The van der Waals surface area contributed by atoms with Crippen molar-refractivity contribution in [3.63, 3.8) is 0 Å². The normalized spacial score (nSPS) is 11.0. The van der Waals surface area contributed by atoms with Crippen LogP contribution in [0.25, 0.3) is 0 Å². The van der Waals surface area contributed by atoms with Crippen LogP contribution in [0.15, 0.2) is 69.9 Å². The Bertz CT molecular complexity index is 1680. The summed E-state index contributed by atoms with van der Waals surface area (Å²) in [6.07, 6.45) is 1.72. The number of rotatable bonds is 8. The van der Waals surface area contributed by atoms with Crippen molar-refractivity contribution in [1.29, 1.82) is 0 Å². The van der Waals surface area contributed by atoms with E-state index in [4.69, 9.17) is 41.0 Å². The zero-order chi connectivity index (χ0) is 34.6. The minimum absolute atomic E-state index is 0. The molecule has 4 rings (SSSR count). The van der Waals surface area contributed by atoms with Crippen LogP contribution in [0.3, 0.4) is 0 Å². The van der Waals surface area contributed by atoms with E-state index in [-0.39, 0.29) is 69.1 Å². The van der Waals surface area contributed by atoms with Gasteiger partial charge in [-0.3, -0.25) is 0 Å². The summed E-state index contributed by atoms with van der Waals surface area (Å²) in [6, 6.07) is 10.5. The van der Waals surface area contributed by atoms with Gasteiger partial charge in [-0.05, 0) is 94.2 Å². The van der Waals surface area contributed by atoms with Gasteiger partial charge in [-0.15, -0.1) is 0 Å². The van der Waals surface area contributed by atoms with Crippen LogP contribution in [0, 0.1) is 11.6 Å². The molecule has 8 N–H and O–H groups in total. The summed E-state index contributed by atoms with van der Waals surface area (Å²) in [6.45, 7) is 2.54. The molecule has 0 saturated carbocycles. The molecule has 0 fully saturated rings. The first-order chi connectivity index (χ1) is 21.7. The molecule has 13 nitrogen and oxygen atoms in total. The first-order valence-corrected chi connectivity index (χ1v) is 14.6. The number of nitrogens with two attached hydrogens (primary N) is 2. The smallest absolute Gasteiger partial charge is 0.870 e. The molecule has 0 amide bonds. The first-order valence-electron chi connectivity index (χ1n) is 13.0. The molecule has 0 bridgehead atoms. The topological polar surface area (TPSA) is 230 Å². The first kappa shape index (κ1) is 44.6. The Morgan fingerprint density at radius 1 is 0.812 bits per heavy atom. The van der Waals surface area contributed by atoms with Crippen molar-refractivity contribution >= 4 is 55.4 Å². The Balaban J connectivity index is 0.000000820. The fourth-order valence-electron chi connectivity index (χ4n) is 3.79. The van der Waals surface area contributed by atoms with Crippen molar-refractivity contribution in [1.82, 2.24) is 9.97 Å². The van der Waals surface area contributed by atoms with E-state index in [1.54, 1.807) is 26.0 Å². The summed E-state index contributed by atoms with van der Waals surface area (Å²) in [7, 11) is 1.26. The molecule has 2 aromatic carbocycles. The van der Waals surface area contributed by atoms with Gasteiger partial charge in [0.1, 0.15) is 30.6 Å². The number of carboxylic acids is 1. The van der Waals surface area contributed by atoms with Gasteiger partial charge in [0.25, 0.3) is 0 Å². The number of carbonyl (C=O) groups is 2. The maximum absolute atomic E-state index is 13.5. The number of aliphatic hydroxyl groups is 2. The molecule has 0 aliphatic heterocycles. The number of carboxylic acid groups (broad SMARTS) is 1. The van der Waals surface area contributed by atoms with Gasteiger partial charge in [0.2, 0.25) is 0 Å². The number of anilines is 2. The molecule has 0 radical (unpaired) electrons.